The van der Waals surface area contributed by atoms with E-state index >= 15 is 0 Å². The molecule has 1 unspecified atom stereocenters. The molecule has 9 nitrogen and oxygen atoms in total. The second-order valence-electron chi connectivity index (χ2n) is 5.63. The molecule has 6 N–H and O–H groups in total. The van der Waals surface area contributed by atoms with E-state index < -0.39 is 17.9 Å². The third-order valence-electron chi connectivity index (χ3n) is 3.65. The maximum absolute atomic E-state index is 11.6. The fourth-order valence-corrected chi connectivity index (χ4v) is 2.30. The highest BCUT2D eigenvalue weighted by Crippen LogP contribution is 2.22. The van der Waals surface area contributed by atoms with Gasteiger partial charge in [0, 0.05) is 5.39 Å². The monoisotopic (exact) mass is 351 g/mol. The van der Waals surface area contributed by atoms with Gasteiger partial charge >= 0.3 is 0 Å². The van der Waals surface area contributed by atoms with Gasteiger partial charge in [0.2, 0.25) is 5.91 Å². The predicted octanol–water partition coefficient (Wildman–Crippen LogP) is 1.15. The standard InChI is InChI=1S/C17H17N7O2/c1-9(15(18)25)22-13-8-21-14(16(19)26)17(24-13)23-11-6-10-4-2-3-5-12(10)20-7-11/h2-9H,1H3,(H2,18,25)(H2,19,26)(H2,22,23,24). The average Bonchev–Trinajstić information content (AvgIpc) is 2.61. The van der Waals surface area contributed by atoms with Crippen LogP contribution >= 0.6 is 0 Å². The van der Waals surface area contributed by atoms with Crippen LogP contribution in [0.3, 0.4) is 0 Å². The fourth-order valence-electron chi connectivity index (χ4n) is 2.30. The molecule has 1 atom stereocenters. The lowest BCUT2D eigenvalue weighted by molar-refractivity contribution is -0.118. The summed E-state index contributed by atoms with van der Waals surface area (Å²) >= 11 is 0. The van der Waals surface area contributed by atoms with Crippen molar-refractivity contribution >= 4 is 40.0 Å². The Morgan fingerprint density at radius 3 is 2.62 bits per heavy atom. The predicted molar refractivity (Wildman–Crippen MR) is 97.9 cm³/mol. The van der Waals surface area contributed by atoms with Crippen molar-refractivity contribution in [2.75, 3.05) is 10.6 Å². The molecule has 9 heteroatoms. The van der Waals surface area contributed by atoms with Crippen molar-refractivity contribution in [2.45, 2.75) is 13.0 Å². The molecule has 0 radical (unpaired) electrons. The summed E-state index contributed by atoms with van der Waals surface area (Å²) in [6, 6.07) is 8.82. The minimum atomic E-state index is -0.733. The molecule has 1 aromatic carbocycles. The van der Waals surface area contributed by atoms with Crippen LogP contribution in [0, 0.1) is 0 Å². The maximum atomic E-state index is 11.6. The summed E-state index contributed by atoms with van der Waals surface area (Å²) in [6.07, 6.45) is 2.92. The van der Waals surface area contributed by atoms with E-state index in [-0.39, 0.29) is 17.3 Å². The molecular formula is C17H17N7O2. The van der Waals surface area contributed by atoms with Crippen LogP contribution in [-0.2, 0) is 4.79 Å². The molecule has 132 valence electrons. The lowest BCUT2D eigenvalue weighted by atomic mass is 10.2. The molecule has 2 amide bonds. The molecule has 3 rings (SSSR count). The van der Waals surface area contributed by atoms with Gasteiger partial charge in [-0.25, -0.2) is 9.97 Å². The van der Waals surface area contributed by atoms with Gasteiger partial charge in [0.05, 0.1) is 23.6 Å². The highest BCUT2D eigenvalue weighted by Gasteiger charge is 2.16. The van der Waals surface area contributed by atoms with E-state index in [4.69, 9.17) is 11.5 Å². The Labute approximate surface area is 148 Å². The number of primary amides is 2. The van der Waals surface area contributed by atoms with Crippen LogP contribution in [0.4, 0.5) is 17.3 Å². The summed E-state index contributed by atoms with van der Waals surface area (Å²) in [7, 11) is 0. The van der Waals surface area contributed by atoms with E-state index in [2.05, 4.69) is 25.6 Å². The molecule has 0 saturated heterocycles. The number of nitrogens with one attached hydrogen (secondary N) is 2. The number of benzene rings is 1. The first-order valence-corrected chi connectivity index (χ1v) is 7.78. The van der Waals surface area contributed by atoms with Crippen LogP contribution < -0.4 is 22.1 Å². The summed E-state index contributed by atoms with van der Waals surface area (Å²) < 4.78 is 0. The van der Waals surface area contributed by atoms with Crippen molar-refractivity contribution in [1.29, 1.82) is 0 Å². The Bertz CT molecular complexity index is 990. The molecule has 0 spiro atoms. The number of pyridine rings is 1. The summed E-state index contributed by atoms with van der Waals surface area (Å²) in [5.74, 6) is -0.851. The zero-order valence-electron chi connectivity index (χ0n) is 13.9. The highest BCUT2D eigenvalue weighted by atomic mass is 16.1. The molecule has 0 fully saturated rings. The number of hydrogen-bond acceptors (Lipinski definition) is 7. The lowest BCUT2D eigenvalue weighted by Gasteiger charge is -2.14. The third kappa shape index (κ3) is 3.66. The van der Waals surface area contributed by atoms with Crippen LogP contribution in [0.25, 0.3) is 10.9 Å². The third-order valence-corrected chi connectivity index (χ3v) is 3.65. The number of nitrogens with zero attached hydrogens (tertiary/aromatic N) is 3. The van der Waals surface area contributed by atoms with Crippen molar-refractivity contribution in [3.05, 3.63) is 48.4 Å². The number of rotatable bonds is 6. The molecule has 0 aliphatic rings. The molecule has 0 aliphatic carbocycles. The van der Waals surface area contributed by atoms with Gasteiger partial charge in [-0.15, -0.1) is 0 Å². The topological polar surface area (TPSA) is 149 Å². The summed E-state index contributed by atoms with van der Waals surface area (Å²) in [5.41, 5.74) is 12.0. The van der Waals surface area contributed by atoms with Gasteiger partial charge in [0.1, 0.15) is 11.9 Å². The molecule has 2 aromatic heterocycles. The zero-order valence-corrected chi connectivity index (χ0v) is 13.9. The first-order valence-electron chi connectivity index (χ1n) is 7.78. The van der Waals surface area contributed by atoms with Crippen LogP contribution in [0.2, 0.25) is 0 Å². The van der Waals surface area contributed by atoms with Gasteiger partial charge in [0.15, 0.2) is 11.5 Å². The smallest absolute Gasteiger partial charge is 0.271 e. The largest absolute Gasteiger partial charge is 0.368 e. The van der Waals surface area contributed by atoms with Gasteiger partial charge in [-0.2, -0.15) is 0 Å². The highest BCUT2D eigenvalue weighted by molar-refractivity contribution is 5.96. The van der Waals surface area contributed by atoms with Gasteiger partial charge in [-0.1, -0.05) is 18.2 Å². The van der Waals surface area contributed by atoms with E-state index in [0.717, 1.165) is 10.9 Å². The minimum Gasteiger partial charge on any atom is -0.368 e. The molecular weight excluding hydrogens is 334 g/mol. The van der Waals surface area contributed by atoms with Crippen LogP contribution in [-0.4, -0.2) is 32.8 Å². The Hall–Kier alpha value is -3.75. The van der Waals surface area contributed by atoms with Gasteiger partial charge in [-0.05, 0) is 19.1 Å². The first kappa shape index (κ1) is 17.1. The quantitative estimate of drug-likeness (QED) is 0.520. The lowest BCUT2D eigenvalue weighted by Crippen LogP contribution is -2.33. The molecule has 0 aliphatic heterocycles. The summed E-state index contributed by atoms with van der Waals surface area (Å²) in [5, 5.41) is 6.72. The minimum absolute atomic E-state index is 0.0320. The van der Waals surface area contributed by atoms with Crippen LogP contribution in [0.5, 0.6) is 0 Å². The second-order valence-corrected chi connectivity index (χ2v) is 5.63. The van der Waals surface area contributed by atoms with Gasteiger partial charge < -0.3 is 22.1 Å². The Morgan fingerprint density at radius 1 is 1.12 bits per heavy atom. The van der Waals surface area contributed by atoms with Crippen molar-refractivity contribution in [3.8, 4) is 0 Å². The van der Waals surface area contributed by atoms with Crippen LogP contribution in [0.15, 0.2) is 42.7 Å². The number of carbonyl (C=O) groups is 2. The first-order chi connectivity index (χ1) is 12.4. The number of para-hydroxylation sites is 1. The number of anilines is 3. The number of nitrogens with two attached hydrogens (primary N) is 2. The van der Waals surface area contributed by atoms with E-state index in [9.17, 15) is 9.59 Å². The van der Waals surface area contributed by atoms with Crippen molar-refractivity contribution < 1.29 is 9.59 Å². The Morgan fingerprint density at radius 2 is 1.88 bits per heavy atom. The number of aromatic nitrogens is 3. The van der Waals surface area contributed by atoms with E-state index in [1.807, 2.05) is 30.3 Å². The van der Waals surface area contributed by atoms with E-state index in [0.29, 0.717) is 5.69 Å². The average molecular weight is 351 g/mol. The number of hydrogen-bond donors (Lipinski definition) is 4. The summed E-state index contributed by atoms with van der Waals surface area (Å²) in [4.78, 5) is 35.5. The second kappa shape index (κ2) is 7.01. The van der Waals surface area contributed by atoms with Gasteiger partial charge in [-0.3, -0.25) is 14.6 Å². The van der Waals surface area contributed by atoms with Gasteiger partial charge in [0.25, 0.3) is 5.91 Å². The van der Waals surface area contributed by atoms with E-state index in [1.165, 1.54) is 6.20 Å². The van der Waals surface area contributed by atoms with Crippen molar-refractivity contribution in [3.63, 3.8) is 0 Å². The van der Waals surface area contributed by atoms with Crippen molar-refractivity contribution in [1.82, 2.24) is 15.0 Å². The number of amides is 2. The molecule has 0 saturated carbocycles. The Balaban J connectivity index is 1.95. The number of fused-ring (bicyclic) bond motifs is 1. The Kier molecular flexibility index (Phi) is 4.61. The van der Waals surface area contributed by atoms with E-state index in [1.54, 1.807) is 13.1 Å². The molecule has 0 bridgehead atoms. The molecule has 2 heterocycles. The molecule has 26 heavy (non-hydrogen) atoms. The summed E-state index contributed by atoms with van der Waals surface area (Å²) in [6.45, 7) is 1.59. The van der Waals surface area contributed by atoms with Crippen LogP contribution in [0.1, 0.15) is 17.4 Å². The number of carbonyl (C=O) groups excluding carboxylic acids is 2. The normalized spacial score (nSPS) is 11.7. The molecule has 3 aromatic rings. The van der Waals surface area contributed by atoms with Crippen molar-refractivity contribution in [2.24, 2.45) is 11.5 Å². The zero-order chi connectivity index (χ0) is 18.7. The maximum Gasteiger partial charge on any atom is 0.271 e. The SMILES string of the molecule is CC(Nc1cnc(C(N)=O)c(Nc2cnc3ccccc3c2)n1)C(N)=O. The fraction of sp³-hybridized carbons (Fsp3) is 0.118.